The van der Waals surface area contributed by atoms with Crippen LogP contribution in [0.5, 0.6) is 0 Å². The normalized spacial score (nSPS) is 25.3. The minimum atomic E-state index is -0.105. The molecular formula is C13H15NOS. The van der Waals surface area contributed by atoms with Gasteiger partial charge >= 0.3 is 0 Å². The summed E-state index contributed by atoms with van der Waals surface area (Å²) < 4.78 is 1.25. The number of nitrogens with zero attached hydrogens (tertiary/aromatic N) is 1. The van der Waals surface area contributed by atoms with Gasteiger partial charge < -0.3 is 5.11 Å². The van der Waals surface area contributed by atoms with Gasteiger partial charge in [0.15, 0.2) is 0 Å². The van der Waals surface area contributed by atoms with Gasteiger partial charge in [0.05, 0.1) is 21.3 Å². The number of thiazole rings is 1. The lowest BCUT2D eigenvalue weighted by Gasteiger charge is -2.11. The minimum absolute atomic E-state index is 0.105. The molecule has 1 saturated carbocycles. The fourth-order valence-corrected chi connectivity index (χ4v) is 3.55. The van der Waals surface area contributed by atoms with Gasteiger partial charge in [-0.3, -0.25) is 0 Å². The van der Waals surface area contributed by atoms with Crippen LogP contribution in [0.3, 0.4) is 0 Å². The molecule has 3 heteroatoms. The first kappa shape index (κ1) is 10.2. The largest absolute Gasteiger partial charge is 0.393 e. The quantitative estimate of drug-likeness (QED) is 0.865. The second-order valence-electron chi connectivity index (χ2n) is 4.54. The lowest BCUT2D eigenvalue weighted by Crippen LogP contribution is -2.15. The first-order valence-corrected chi connectivity index (χ1v) is 6.67. The molecule has 1 aliphatic rings. The van der Waals surface area contributed by atoms with Crippen LogP contribution in [0.4, 0.5) is 0 Å². The van der Waals surface area contributed by atoms with E-state index in [-0.39, 0.29) is 6.10 Å². The Labute approximate surface area is 99.0 Å². The van der Waals surface area contributed by atoms with Crippen LogP contribution in [0, 0.1) is 5.92 Å². The Morgan fingerprint density at radius 2 is 2.19 bits per heavy atom. The molecule has 1 aromatic heterocycles. The van der Waals surface area contributed by atoms with E-state index >= 15 is 0 Å². The third kappa shape index (κ3) is 1.85. The Kier molecular flexibility index (Phi) is 2.65. The van der Waals surface area contributed by atoms with E-state index in [1.165, 1.54) is 9.71 Å². The van der Waals surface area contributed by atoms with Gasteiger partial charge in [-0.25, -0.2) is 4.98 Å². The highest BCUT2D eigenvalue weighted by Gasteiger charge is 2.26. The number of para-hydroxylation sites is 1. The van der Waals surface area contributed by atoms with Gasteiger partial charge in [-0.2, -0.15) is 0 Å². The van der Waals surface area contributed by atoms with Crippen LogP contribution in [0.1, 0.15) is 24.3 Å². The van der Waals surface area contributed by atoms with Crippen molar-refractivity contribution in [2.75, 3.05) is 0 Å². The average Bonchev–Trinajstić information content (AvgIpc) is 2.85. The summed E-state index contributed by atoms with van der Waals surface area (Å²) in [7, 11) is 0. The molecule has 84 valence electrons. The number of hydrogen-bond acceptors (Lipinski definition) is 3. The van der Waals surface area contributed by atoms with Crippen LogP contribution in [-0.2, 0) is 6.42 Å². The van der Waals surface area contributed by atoms with E-state index in [9.17, 15) is 5.11 Å². The third-order valence-electron chi connectivity index (χ3n) is 3.39. The maximum Gasteiger partial charge on any atom is 0.0942 e. The Morgan fingerprint density at radius 3 is 2.94 bits per heavy atom. The van der Waals surface area contributed by atoms with Gasteiger partial charge in [-0.1, -0.05) is 18.6 Å². The van der Waals surface area contributed by atoms with Crippen LogP contribution < -0.4 is 0 Å². The topological polar surface area (TPSA) is 33.1 Å². The van der Waals surface area contributed by atoms with E-state index in [0.717, 1.165) is 31.2 Å². The molecule has 0 amide bonds. The van der Waals surface area contributed by atoms with Gasteiger partial charge in [0, 0.05) is 6.42 Å². The average molecular weight is 233 g/mol. The van der Waals surface area contributed by atoms with E-state index in [2.05, 4.69) is 23.2 Å². The van der Waals surface area contributed by atoms with E-state index in [0.29, 0.717) is 5.92 Å². The molecule has 2 atom stereocenters. The highest BCUT2D eigenvalue weighted by molar-refractivity contribution is 7.18. The van der Waals surface area contributed by atoms with Crippen molar-refractivity contribution < 1.29 is 5.11 Å². The summed E-state index contributed by atoms with van der Waals surface area (Å²) in [5.41, 5.74) is 1.09. The summed E-state index contributed by atoms with van der Waals surface area (Å²) in [6.45, 7) is 0. The van der Waals surface area contributed by atoms with Crippen molar-refractivity contribution in [1.29, 1.82) is 0 Å². The first-order valence-electron chi connectivity index (χ1n) is 5.85. The maximum absolute atomic E-state index is 9.80. The second kappa shape index (κ2) is 4.15. The number of benzene rings is 1. The number of fused-ring (bicyclic) bond motifs is 1. The van der Waals surface area contributed by atoms with Crippen molar-refractivity contribution >= 4 is 21.6 Å². The summed E-state index contributed by atoms with van der Waals surface area (Å²) in [4.78, 5) is 4.62. The molecule has 2 unspecified atom stereocenters. The molecule has 0 saturated heterocycles. The number of hydrogen-bond donors (Lipinski definition) is 1. The fourth-order valence-electron chi connectivity index (χ4n) is 2.49. The summed E-state index contributed by atoms with van der Waals surface area (Å²) in [5.74, 6) is 0.431. The van der Waals surface area contributed by atoms with E-state index < -0.39 is 0 Å². The van der Waals surface area contributed by atoms with Gasteiger partial charge in [-0.15, -0.1) is 11.3 Å². The van der Waals surface area contributed by atoms with Gasteiger partial charge in [0.1, 0.15) is 0 Å². The van der Waals surface area contributed by atoms with Gasteiger partial charge in [0.25, 0.3) is 0 Å². The van der Waals surface area contributed by atoms with Gasteiger partial charge in [0.2, 0.25) is 0 Å². The molecule has 1 fully saturated rings. The standard InChI is InChI=1S/C13H15NOS/c15-11-6-3-4-9(11)8-13-14-10-5-1-2-7-12(10)16-13/h1-2,5,7,9,11,15H,3-4,6,8H2. The maximum atomic E-state index is 9.80. The number of aromatic nitrogens is 1. The van der Waals surface area contributed by atoms with Crippen LogP contribution in [0.15, 0.2) is 24.3 Å². The zero-order valence-corrected chi connectivity index (χ0v) is 9.91. The Morgan fingerprint density at radius 1 is 1.31 bits per heavy atom. The van der Waals surface area contributed by atoms with Gasteiger partial charge in [-0.05, 0) is 30.9 Å². The molecule has 3 rings (SSSR count). The van der Waals surface area contributed by atoms with Crippen LogP contribution in [0.2, 0.25) is 0 Å². The molecular weight excluding hydrogens is 218 g/mol. The van der Waals surface area contributed by atoms with Crippen molar-refractivity contribution in [2.45, 2.75) is 31.8 Å². The zero-order valence-electron chi connectivity index (χ0n) is 9.10. The van der Waals surface area contributed by atoms with Crippen LogP contribution in [0.25, 0.3) is 10.2 Å². The minimum Gasteiger partial charge on any atom is -0.393 e. The molecule has 1 aliphatic carbocycles. The monoisotopic (exact) mass is 233 g/mol. The van der Waals surface area contributed by atoms with Crippen molar-refractivity contribution in [3.8, 4) is 0 Å². The fraction of sp³-hybridized carbons (Fsp3) is 0.462. The molecule has 1 N–H and O–H groups in total. The number of rotatable bonds is 2. The molecule has 1 heterocycles. The van der Waals surface area contributed by atoms with E-state index in [1.807, 2.05) is 6.07 Å². The number of aliphatic hydroxyl groups is 1. The summed E-state index contributed by atoms with van der Waals surface area (Å²) in [6.07, 6.45) is 4.12. The highest BCUT2D eigenvalue weighted by atomic mass is 32.1. The Bertz CT molecular complexity index is 460. The smallest absolute Gasteiger partial charge is 0.0942 e. The predicted molar refractivity (Wildman–Crippen MR) is 66.7 cm³/mol. The van der Waals surface area contributed by atoms with Crippen molar-refractivity contribution in [3.63, 3.8) is 0 Å². The SMILES string of the molecule is OC1CCCC1Cc1nc2ccccc2s1. The summed E-state index contributed by atoms with van der Waals surface area (Å²) in [6, 6.07) is 8.24. The zero-order chi connectivity index (χ0) is 11.0. The lowest BCUT2D eigenvalue weighted by atomic mass is 10.0. The summed E-state index contributed by atoms with van der Waals surface area (Å²) in [5, 5.41) is 11.0. The molecule has 0 bridgehead atoms. The Hall–Kier alpha value is -0.930. The molecule has 2 nitrogen and oxygen atoms in total. The molecule has 2 aromatic rings. The molecule has 16 heavy (non-hydrogen) atoms. The molecule has 0 spiro atoms. The first-order chi connectivity index (χ1) is 7.83. The van der Waals surface area contributed by atoms with E-state index in [4.69, 9.17) is 0 Å². The van der Waals surface area contributed by atoms with Crippen LogP contribution in [-0.4, -0.2) is 16.2 Å². The van der Waals surface area contributed by atoms with Crippen molar-refractivity contribution in [2.24, 2.45) is 5.92 Å². The second-order valence-corrected chi connectivity index (χ2v) is 5.65. The van der Waals surface area contributed by atoms with Crippen molar-refractivity contribution in [3.05, 3.63) is 29.3 Å². The third-order valence-corrected chi connectivity index (χ3v) is 4.45. The number of aliphatic hydroxyl groups excluding tert-OH is 1. The van der Waals surface area contributed by atoms with Crippen molar-refractivity contribution in [1.82, 2.24) is 4.98 Å². The Balaban J connectivity index is 1.83. The molecule has 0 radical (unpaired) electrons. The predicted octanol–water partition coefficient (Wildman–Crippen LogP) is 3.00. The lowest BCUT2D eigenvalue weighted by molar-refractivity contribution is 0.132. The highest BCUT2D eigenvalue weighted by Crippen LogP contribution is 2.31. The molecule has 1 aromatic carbocycles. The van der Waals surface area contributed by atoms with Crippen LogP contribution >= 0.6 is 11.3 Å². The summed E-state index contributed by atoms with van der Waals surface area (Å²) >= 11 is 1.76. The van der Waals surface area contributed by atoms with E-state index in [1.54, 1.807) is 11.3 Å². The molecule has 0 aliphatic heterocycles.